The van der Waals surface area contributed by atoms with Gasteiger partial charge in [0.2, 0.25) is 0 Å². The molecular weight excluding hydrogens is 416 g/mol. The van der Waals surface area contributed by atoms with Crippen LogP contribution in [0.1, 0.15) is 31.7 Å². The third-order valence-corrected chi connectivity index (χ3v) is 6.15. The molecule has 0 bridgehead atoms. The molecule has 0 aliphatic carbocycles. The average Bonchev–Trinajstić information content (AvgIpc) is 2.79. The molecule has 0 saturated carbocycles. The van der Waals surface area contributed by atoms with E-state index in [0.29, 0.717) is 55.4 Å². The number of methoxy groups -OCH3 is 1. The number of likely N-dealkylation sites (tertiary alicyclic amines) is 1. The van der Waals surface area contributed by atoms with Gasteiger partial charge in [-0.15, -0.1) is 0 Å². The number of aryl methyl sites for hydroxylation is 1. The zero-order valence-corrected chi connectivity index (χ0v) is 18.8. The number of carbonyl (C=O) groups is 2. The van der Waals surface area contributed by atoms with Crippen molar-refractivity contribution in [2.75, 3.05) is 32.1 Å². The molecule has 31 heavy (non-hydrogen) atoms. The Balaban J connectivity index is 1.63. The van der Waals surface area contributed by atoms with Crippen LogP contribution < -0.4 is 10.1 Å². The average molecular weight is 445 g/mol. The fourth-order valence-corrected chi connectivity index (χ4v) is 4.21. The lowest BCUT2D eigenvalue weighted by Crippen LogP contribution is -2.48. The number of ether oxygens (including phenoxy) is 2. The second-order valence-corrected chi connectivity index (χ2v) is 8.16. The minimum atomic E-state index is -0.563. The van der Waals surface area contributed by atoms with Crippen LogP contribution in [0.2, 0.25) is 5.02 Å². The highest BCUT2D eigenvalue weighted by atomic mass is 35.5. The van der Waals surface area contributed by atoms with Crippen LogP contribution in [0.5, 0.6) is 5.75 Å². The SMILES string of the molecule is CCOC(=O)C1(CCc2ccccc2)CCN(C(=O)Nc2ccc(OC)c(Cl)c2)CC1. The van der Waals surface area contributed by atoms with Crippen molar-refractivity contribution in [3.05, 3.63) is 59.1 Å². The van der Waals surface area contributed by atoms with Crippen LogP contribution in [0, 0.1) is 5.41 Å². The minimum Gasteiger partial charge on any atom is -0.495 e. The van der Waals surface area contributed by atoms with E-state index in [1.165, 1.54) is 5.56 Å². The summed E-state index contributed by atoms with van der Waals surface area (Å²) in [4.78, 5) is 27.3. The fourth-order valence-electron chi connectivity index (χ4n) is 3.95. The second-order valence-electron chi connectivity index (χ2n) is 7.75. The molecule has 0 unspecified atom stereocenters. The van der Waals surface area contributed by atoms with E-state index in [9.17, 15) is 9.59 Å². The van der Waals surface area contributed by atoms with Gasteiger partial charge < -0.3 is 19.7 Å². The summed E-state index contributed by atoms with van der Waals surface area (Å²) in [5.74, 6) is 0.392. The third-order valence-electron chi connectivity index (χ3n) is 5.85. The summed E-state index contributed by atoms with van der Waals surface area (Å²) in [5, 5.41) is 3.31. The first-order valence-corrected chi connectivity index (χ1v) is 11.0. The summed E-state index contributed by atoms with van der Waals surface area (Å²) in [5.41, 5.74) is 1.23. The molecule has 166 valence electrons. The molecule has 6 nitrogen and oxygen atoms in total. The van der Waals surface area contributed by atoms with E-state index in [-0.39, 0.29) is 12.0 Å². The van der Waals surface area contributed by atoms with Gasteiger partial charge in [-0.2, -0.15) is 0 Å². The summed E-state index contributed by atoms with van der Waals surface area (Å²) in [6.45, 7) is 3.16. The second kappa shape index (κ2) is 10.5. The number of carbonyl (C=O) groups excluding carboxylic acids is 2. The molecule has 7 heteroatoms. The predicted molar refractivity (Wildman–Crippen MR) is 122 cm³/mol. The van der Waals surface area contributed by atoms with Crippen LogP contribution in [0.25, 0.3) is 0 Å². The molecule has 1 heterocycles. The maximum atomic E-state index is 12.8. The molecule has 2 aromatic carbocycles. The summed E-state index contributed by atoms with van der Waals surface area (Å²) in [7, 11) is 1.54. The van der Waals surface area contributed by atoms with E-state index in [2.05, 4.69) is 17.4 Å². The molecule has 3 rings (SSSR count). The smallest absolute Gasteiger partial charge is 0.321 e. The Morgan fingerprint density at radius 1 is 1.13 bits per heavy atom. The van der Waals surface area contributed by atoms with Gasteiger partial charge in [-0.05, 0) is 56.4 Å². The first-order chi connectivity index (χ1) is 15.0. The van der Waals surface area contributed by atoms with Gasteiger partial charge in [-0.1, -0.05) is 41.9 Å². The van der Waals surface area contributed by atoms with Crippen LogP contribution >= 0.6 is 11.6 Å². The van der Waals surface area contributed by atoms with Crippen molar-refractivity contribution >= 4 is 29.3 Å². The molecule has 2 aromatic rings. The highest BCUT2D eigenvalue weighted by molar-refractivity contribution is 6.32. The number of piperidine rings is 1. The zero-order valence-electron chi connectivity index (χ0n) is 18.0. The highest BCUT2D eigenvalue weighted by Crippen LogP contribution is 2.38. The monoisotopic (exact) mass is 444 g/mol. The molecule has 0 spiro atoms. The summed E-state index contributed by atoms with van der Waals surface area (Å²) in [6.07, 6.45) is 2.67. The number of nitrogens with zero attached hydrogens (tertiary/aromatic N) is 1. The lowest BCUT2D eigenvalue weighted by atomic mass is 9.74. The predicted octanol–water partition coefficient (Wildman–Crippen LogP) is 5.16. The topological polar surface area (TPSA) is 67.9 Å². The lowest BCUT2D eigenvalue weighted by Gasteiger charge is -2.40. The Morgan fingerprint density at radius 2 is 1.84 bits per heavy atom. The number of amides is 2. The van der Waals surface area contributed by atoms with Crippen molar-refractivity contribution in [3.63, 3.8) is 0 Å². The normalized spacial score (nSPS) is 15.3. The number of hydrogen-bond donors (Lipinski definition) is 1. The summed E-state index contributed by atoms with van der Waals surface area (Å²) < 4.78 is 10.6. The molecule has 1 aliphatic heterocycles. The quantitative estimate of drug-likeness (QED) is 0.599. The fraction of sp³-hybridized carbons (Fsp3) is 0.417. The molecule has 0 atom stereocenters. The first-order valence-electron chi connectivity index (χ1n) is 10.6. The number of urea groups is 1. The molecule has 2 amide bonds. The van der Waals surface area contributed by atoms with Crippen LogP contribution in [-0.2, 0) is 16.0 Å². The number of anilines is 1. The van der Waals surface area contributed by atoms with Crippen LogP contribution in [-0.4, -0.2) is 43.7 Å². The molecule has 0 radical (unpaired) electrons. The van der Waals surface area contributed by atoms with E-state index < -0.39 is 5.41 Å². The number of halogens is 1. The molecule has 1 N–H and O–H groups in total. The number of esters is 1. The maximum Gasteiger partial charge on any atom is 0.321 e. The number of benzene rings is 2. The largest absolute Gasteiger partial charge is 0.495 e. The third kappa shape index (κ3) is 5.70. The van der Waals surface area contributed by atoms with Crippen molar-refractivity contribution in [2.24, 2.45) is 5.41 Å². The van der Waals surface area contributed by atoms with Crippen molar-refractivity contribution in [1.29, 1.82) is 0 Å². The zero-order chi connectivity index (χ0) is 22.3. The van der Waals surface area contributed by atoms with E-state index in [1.807, 2.05) is 25.1 Å². The van der Waals surface area contributed by atoms with Crippen LogP contribution in [0.4, 0.5) is 10.5 Å². The molecule has 1 saturated heterocycles. The molecule has 1 fully saturated rings. The van der Waals surface area contributed by atoms with Gasteiger partial charge in [-0.25, -0.2) is 4.79 Å². The van der Waals surface area contributed by atoms with Crippen molar-refractivity contribution in [2.45, 2.75) is 32.6 Å². The molecule has 0 aromatic heterocycles. The molecule has 1 aliphatic rings. The van der Waals surface area contributed by atoms with Crippen LogP contribution in [0.3, 0.4) is 0 Å². The Labute approximate surface area is 188 Å². The van der Waals surface area contributed by atoms with E-state index in [1.54, 1.807) is 30.2 Å². The van der Waals surface area contributed by atoms with Crippen molar-refractivity contribution in [1.82, 2.24) is 4.90 Å². The number of rotatable bonds is 7. The van der Waals surface area contributed by atoms with Crippen molar-refractivity contribution in [3.8, 4) is 5.75 Å². The summed E-state index contributed by atoms with van der Waals surface area (Å²) in [6, 6.07) is 15.0. The van der Waals surface area contributed by atoms with Crippen molar-refractivity contribution < 1.29 is 19.1 Å². The molecular formula is C24H29ClN2O4. The minimum absolute atomic E-state index is 0.159. The van der Waals surface area contributed by atoms with Gasteiger partial charge in [0.15, 0.2) is 0 Å². The Morgan fingerprint density at radius 3 is 2.45 bits per heavy atom. The van der Waals surface area contributed by atoms with Gasteiger partial charge in [0.1, 0.15) is 5.75 Å². The Kier molecular flexibility index (Phi) is 7.80. The number of nitrogens with one attached hydrogen (secondary N) is 1. The van der Waals surface area contributed by atoms with Crippen LogP contribution in [0.15, 0.2) is 48.5 Å². The maximum absolute atomic E-state index is 12.8. The Bertz CT molecular complexity index is 896. The first kappa shape index (κ1) is 22.9. The van der Waals surface area contributed by atoms with Gasteiger partial charge in [0.05, 0.1) is 24.2 Å². The number of hydrogen-bond acceptors (Lipinski definition) is 4. The van der Waals surface area contributed by atoms with Gasteiger partial charge >= 0.3 is 12.0 Å². The van der Waals surface area contributed by atoms with E-state index >= 15 is 0 Å². The standard InChI is InChI=1S/C24H29ClN2O4/c1-3-31-22(28)24(12-11-18-7-5-4-6-8-18)13-15-27(16-14-24)23(29)26-19-9-10-21(30-2)20(25)17-19/h4-10,17H,3,11-16H2,1-2H3,(H,26,29). The lowest BCUT2D eigenvalue weighted by molar-refractivity contribution is -0.158. The van der Waals surface area contributed by atoms with Gasteiger partial charge in [0.25, 0.3) is 0 Å². The summed E-state index contributed by atoms with van der Waals surface area (Å²) >= 11 is 6.14. The highest BCUT2D eigenvalue weighted by Gasteiger charge is 2.43. The van der Waals surface area contributed by atoms with E-state index in [0.717, 1.165) is 6.42 Å². The van der Waals surface area contributed by atoms with E-state index in [4.69, 9.17) is 21.1 Å². The van der Waals surface area contributed by atoms with Gasteiger partial charge in [0, 0.05) is 18.8 Å². The Hall–Kier alpha value is -2.73. The van der Waals surface area contributed by atoms with Gasteiger partial charge in [-0.3, -0.25) is 4.79 Å².